The Morgan fingerprint density at radius 1 is 1.37 bits per heavy atom. The van der Waals surface area contributed by atoms with Gasteiger partial charge in [-0.05, 0) is 30.7 Å². The van der Waals surface area contributed by atoms with Gasteiger partial charge < -0.3 is 10.4 Å². The number of hydrogen-bond donors (Lipinski definition) is 2. The zero-order chi connectivity index (χ0) is 13.9. The summed E-state index contributed by atoms with van der Waals surface area (Å²) in [5.41, 5.74) is 0. The van der Waals surface area contributed by atoms with Gasteiger partial charge in [0.15, 0.2) is 9.84 Å². The second-order valence-electron chi connectivity index (χ2n) is 4.45. The summed E-state index contributed by atoms with van der Waals surface area (Å²) >= 11 is 1.35. The molecule has 5 nitrogen and oxygen atoms in total. The van der Waals surface area contributed by atoms with Gasteiger partial charge >= 0.3 is 0 Å². The van der Waals surface area contributed by atoms with E-state index in [1.807, 2.05) is 0 Å². The van der Waals surface area contributed by atoms with Gasteiger partial charge in [-0.3, -0.25) is 4.79 Å². The fourth-order valence-corrected chi connectivity index (χ4v) is 4.25. The topological polar surface area (TPSA) is 83.5 Å². The molecule has 1 saturated heterocycles. The SMILES string of the molecule is O=C(CSc1ccc(O)cc1)NC1CCS(=O)(=O)C1. The molecule has 1 heterocycles. The van der Waals surface area contributed by atoms with Crippen molar-refractivity contribution in [3.63, 3.8) is 0 Å². The fourth-order valence-electron chi connectivity index (χ4n) is 1.87. The maximum Gasteiger partial charge on any atom is 0.230 e. The molecule has 1 aromatic rings. The van der Waals surface area contributed by atoms with Gasteiger partial charge in [0.25, 0.3) is 0 Å². The largest absolute Gasteiger partial charge is 0.508 e. The number of thioether (sulfide) groups is 1. The second kappa shape index (κ2) is 5.83. The van der Waals surface area contributed by atoms with E-state index in [2.05, 4.69) is 5.32 Å². The minimum absolute atomic E-state index is 0.0443. The number of carbonyl (C=O) groups excluding carboxylic acids is 1. The highest BCUT2D eigenvalue weighted by molar-refractivity contribution is 8.00. The zero-order valence-electron chi connectivity index (χ0n) is 10.2. The van der Waals surface area contributed by atoms with Gasteiger partial charge in [-0.25, -0.2) is 8.42 Å². The molecule has 0 bridgehead atoms. The second-order valence-corrected chi connectivity index (χ2v) is 7.73. The van der Waals surface area contributed by atoms with Crippen molar-refractivity contribution < 1.29 is 18.3 Å². The summed E-state index contributed by atoms with van der Waals surface area (Å²) < 4.78 is 22.5. The molecule has 0 saturated carbocycles. The van der Waals surface area contributed by atoms with Crippen molar-refractivity contribution in [1.82, 2.24) is 5.32 Å². The van der Waals surface area contributed by atoms with Crippen LogP contribution < -0.4 is 5.32 Å². The number of rotatable bonds is 4. The average Bonchev–Trinajstić information content (AvgIpc) is 2.68. The summed E-state index contributed by atoms with van der Waals surface area (Å²) in [7, 11) is -2.96. The molecule has 104 valence electrons. The van der Waals surface area contributed by atoms with Crippen molar-refractivity contribution >= 4 is 27.5 Å². The lowest BCUT2D eigenvalue weighted by atomic mass is 10.3. The molecule has 0 spiro atoms. The molecule has 1 aliphatic rings. The van der Waals surface area contributed by atoms with Crippen LogP contribution >= 0.6 is 11.8 Å². The molecule has 0 radical (unpaired) electrons. The van der Waals surface area contributed by atoms with E-state index < -0.39 is 9.84 Å². The summed E-state index contributed by atoms with van der Waals surface area (Å²) in [6.45, 7) is 0. The number of aromatic hydroxyl groups is 1. The van der Waals surface area contributed by atoms with E-state index in [-0.39, 0.29) is 35.0 Å². The lowest BCUT2D eigenvalue weighted by Gasteiger charge is -2.10. The van der Waals surface area contributed by atoms with Gasteiger partial charge in [0.2, 0.25) is 5.91 Å². The third-order valence-electron chi connectivity index (χ3n) is 2.80. The van der Waals surface area contributed by atoms with Gasteiger partial charge in [0.1, 0.15) is 5.75 Å². The van der Waals surface area contributed by atoms with Crippen molar-refractivity contribution in [3.8, 4) is 5.75 Å². The van der Waals surface area contributed by atoms with Crippen LogP contribution in [0.5, 0.6) is 5.75 Å². The van der Waals surface area contributed by atoms with Gasteiger partial charge in [0.05, 0.1) is 17.3 Å². The third-order valence-corrected chi connectivity index (χ3v) is 5.58. The predicted molar refractivity (Wildman–Crippen MR) is 74.0 cm³/mol. The Kier molecular flexibility index (Phi) is 4.36. The Bertz CT molecular complexity index is 554. The summed E-state index contributed by atoms with van der Waals surface area (Å²) in [5.74, 6) is 0.456. The fraction of sp³-hybridized carbons (Fsp3) is 0.417. The van der Waals surface area contributed by atoms with E-state index in [0.717, 1.165) is 4.90 Å². The van der Waals surface area contributed by atoms with E-state index in [1.54, 1.807) is 24.3 Å². The molecule has 1 unspecified atom stereocenters. The maximum atomic E-state index is 11.7. The van der Waals surface area contributed by atoms with Crippen LogP contribution in [-0.2, 0) is 14.6 Å². The number of sulfone groups is 1. The molecule has 0 aromatic heterocycles. The van der Waals surface area contributed by atoms with Gasteiger partial charge in [-0.1, -0.05) is 0 Å². The van der Waals surface area contributed by atoms with Crippen LogP contribution in [0.15, 0.2) is 29.2 Å². The van der Waals surface area contributed by atoms with Crippen LogP contribution in [0.1, 0.15) is 6.42 Å². The highest BCUT2D eigenvalue weighted by Gasteiger charge is 2.28. The Morgan fingerprint density at radius 2 is 2.05 bits per heavy atom. The minimum Gasteiger partial charge on any atom is -0.508 e. The molecule has 1 amide bonds. The van der Waals surface area contributed by atoms with Crippen LogP contribution in [0, 0.1) is 0 Å². The molecule has 19 heavy (non-hydrogen) atoms. The number of phenols is 1. The first-order valence-corrected chi connectivity index (χ1v) is 8.67. The Balaban J connectivity index is 1.77. The number of nitrogens with one attached hydrogen (secondary N) is 1. The van der Waals surface area contributed by atoms with Gasteiger partial charge in [-0.2, -0.15) is 0 Å². The summed E-state index contributed by atoms with van der Waals surface area (Å²) in [6.07, 6.45) is 0.498. The summed E-state index contributed by atoms with van der Waals surface area (Å²) in [5, 5.41) is 11.9. The number of carbonyl (C=O) groups is 1. The van der Waals surface area contributed by atoms with Crippen molar-refractivity contribution in [1.29, 1.82) is 0 Å². The summed E-state index contributed by atoms with van der Waals surface area (Å²) in [6, 6.07) is 6.33. The molecular formula is C12H15NO4S2. The Labute approximate surface area is 116 Å². The molecule has 0 aliphatic carbocycles. The smallest absolute Gasteiger partial charge is 0.230 e. The van der Waals surface area contributed by atoms with Crippen LogP contribution in [0.3, 0.4) is 0 Å². The third kappa shape index (κ3) is 4.43. The van der Waals surface area contributed by atoms with Crippen molar-refractivity contribution in [2.45, 2.75) is 17.4 Å². The molecule has 1 fully saturated rings. The van der Waals surface area contributed by atoms with Crippen molar-refractivity contribution in [3.05, 3.63) is 24.3 Å². The average molecular weight is 301 g/mol. The first kappa shape index (κ1) is 14.2. The van der Waals surface area contributed by atoms with E-state index in [0.29, 0.717) is 6.42 Å². The Hall–Kier alpha value is -1.21. The number of benzene rings is 1. The lowest BCUT2D eigenvalue weighted by Crippen LogP contribution is -2.36. The van der Waals surface area contributed by atoms with E-state index in [1.165, 1.54) is 11.8 Å². The van der Waals surface area contributed by atoms with E-state index in [4.69, 9.17) is 5.11 Å². The van der Waals surface area contributed by atoms with Gasteiger partial charge in [0, 0.05) is 10.9 Å². The quantitative estimate of drug-likeness (QED) is 0.803. The standard InChI is InChI=1S/C12H15NO4S2/c14-10-1-3-11(4-2-10)18-7-12(15)13-9-5-6-19(16,17)8-9/h1-4,9,14H,5-8H2,(H,13,15). The normalized spacial score (nSPS) is 21.2. The van der Waals surface area contributed by atoms with Crippen LogP contribution in [-0.4, -0.2) is 42.7 Å². The molecule has 2 rings (SSSR count). The minimum atomic E-state index is -2.96. The highest BCUT2D eigenvalue weighted by atomic mass is 32.2. The monoisotopic (exact) mass is 301 g/mol. The Morgan fingerprint density at radius 3 is 2.63 bits per heavy atom. The molecule has 1 aromatic carbocycles. The molecular weight excluding hydrogens is 286 g/mol. The molecule has 1 aliphatic heterocycles. The van der Waals surface area contributed by atoms with Crippen molar-refractivity contribution in [2.24, 2.45) is 0 Å². The van der Waals surface area contributed by atoms with Crippen LogP contribution in [0.2, 0.25) is 0 Å². The summed E-state index contributed by atoms with van der Waals surface area (Å²) in [4.78, 5) is 12.6. The number of phenolic OH excluding ortho intramolecular Hbond substituents is 1. The highest BCUT2D eigenvalue weighted by Crippen LogP contribution is 2.20. The lowest BCUT2D eigenvalue weighted by molar-refractivity contribution is -0.119. The van der Waals surface area contributed by atoms with Crippen molar-refractivity contribution in [2.75, 3.05) is 17.3 Å². The predicted octanol–water partition coefficient (Wildman–Crippen LogP) is 0.788. The molecule has 7 heteroatoms. The van der Waals surface area contributed by atoms with Crippen LogP contribution in [0.4, 0.5) is 0 Å². The number of amides is 1. The zero-order valence-corrected chi connectivity index (χ0v) is 11.8. The van der Waals surface area contributed by atoms with E-state index in [9.17, 15) is 13.2 Å². The molecule has 2 N–H and O–H groups in total. The van der Waals surface area contributed by atoms with Gasteiger partial charge in [-0.15, -0.1) is 11.8 Å². The van der Waals surface area contributed by atoms with Crippen LogP contribution in [0.25, 0.3) is 0 Å². The maximum absolute atomic E-state index is 11.7. The molecule has 1 atom stereocenters. The first-order valence-electron chi connectivity index (χ1n) is 5.86. The number of hydrogen-bond acceptors (Lipinski definition) is 5. The van der Waals surface area contributed by atoms with E-state index >= 15 is 0 Å². The first-order chi connectivity index (χ1) is 8.94.